The minimum Gasteiger partial charge on any atom is -0.451 e. The van der Waals surface area contributed by atoms with Crippen molar-refractivity contribution in [3.63, 3.8) is 0 Å². The second-order valence-electron chi connectivity index (χ2n) is 4.73. The summed E-state index contributed by atoms with van der Waals surface area (Å²) in [7, 11) is 0. The molecule has 1 aliphatic rings. The summed E-state index contributed by atoms with van der Waals surface area (Å²) in [4.78, 5) is 3.70. The van der Waals surface area contributed by atoms with Crippen LogP contribution in [0.2, 0.25) is 0 Å². The van der Waals surface area contributed by atoms with Gasteiger partial charge in [-0.05, 0) is 32.0 Å². The van der Waals surface area contributed by atoms with Gasteiger partial charge in [0.2, 0.25) is 0 Å². The number of ether oxygens (including phenoxy) is 1. The Labute approximate surface area is 104 Å². The Bertz CT molecular complexity index is 516. The van der Waals surface area contributed by atoms with Crippen LogP contribution in [0.25, 0.3) is 0 Å². The number of nitrogens with zero attached hydrogens (tertiary/aromatic N) is 1. The lowest BCUT2D eigenvalue weighted by molar-refractivity contribution is -0.0847. The van der Waals surface area contributed by atoms with Gasteiger partial charge in [-0.3, -0.25) is 0 Å². The second-order valence-corrected chi connectivity index (χ2v) is 4.73. The molecular formula is C12H15F2N3O. The van der Waals surface area contributed by atoms with Gasteiger partial charge >= 0.3 is 0 Å². The van der Waals surface area contributed by atoms with Gasteiger partial charge in [-0.25, -0.2) is 13.8 Å². The molecule has 0 aliphatic carbocycles. The van der Waals surface area contributed by atoms with Gasteiger partial charge in [0, 0.05) is 11.3 Å². The molecule has 18 heavy (non-hydrogen) atoms. The van der Waals surface area contributed by atoms with Crippen LogP contribution < -0.4 is 11.5 Å². The molecule has 0 spiro atoms. The predicted molar refractivity (Wildman–Crippen MR) is 65.3 cm³/mol. The number of nitrogens with two attached hydrogens (primary N) is 2. The first-order valence-corrected chi connectivity index (χ1v) is 5.49. The van der Waals surface area contributed by atoms with Crippen molar-refractivity contribution in [1.82, 2.24) is 0 Å². The molecule has 1 heterocycles. The van der Waals surface area contributed by atoms with E-state index >= 15 is 0 Å². The lowest BCUT2D eigenvalue weighted by Crippen LogP contribution is -2.54. The molecule has 0 saturated carbocycles. The van der Waals surface area contributed by atoms with Gasteiger partial charge in [0.25, 0.3) is 6.02 Å². The zero-order valence-electron chi connectivity index (χ0n) is 10.2. The molecule has 4 nitrogen and oxygen atoms in total. The number of nitrogen functional groups attached to an aromatic ring is 1. The van der Waals surface area contributed by atoms with E-state index in [1.54, 1.807) is 0 Å². The first-order chi connectivity index (χ1) is 8.26. The van der Waals surface area contributed by atoms with E-state index in [2.05, 4.69) is 4.99 Å². The number of amidine groups is 1. The summed E-state index contributed by atoms with van der Waals surface area (Å²) in [5, 5.41) is 0. The molecule has 2 atom stereocenters. The number of aliphatic imine (C=N–C) groups is 1. The maximum Gasteiger partial charge on any atom is 0.283 e. The predicted octanol–water partition coefficient (Wildman–Crippen LogP) is 1.70. The summed E-state index contributed by atoms with van der Waals surface area (Å²) in [6, 6.07) is 3.77. The normalized spacial score (nSPS) is 31.7. The first kappa shape index (κ1) is 12.6. The highest BCUT2D eigenvalue weighted by Crippen LogP contribution is 2.43. The summed E-state index contributed by atoms with van der Waals surface area (Å²) in [5.74, 6) is -0.592. The molecule has 6 heteroatoms. The Morgan fingerprint density at radius 3 is 2.67 bits per heavy atom. The van der Waals surface area contributed by atoms with Crippen LogP contribution in [-0.2, 0) is 10.3 Å². The minimum atomic E-state index is -1.88. The molecule has 0 aromatic heterocycles. The van der Waals surface area contributed by atoms with Crippen LogP contribution in [0.1, 0.15) is 19.4 Å². The van der Waals surface area contributed by atoms with E-state index in [9.17, 15) is 8.78 Å². The lowest BCUT2D eigenvalue weighted by Gasteiger charge is -2.42. The van der Waals surface area contributed by atoms with Crippen molar-refractivity contribution in [2.75, 3.05) is 12.3 Å². The molecule has 4 N–H and O–H groups in total. The highest BCUT2D eigenvalue weighted by Gasteiger charge is 2.53. The molecule has 0 bridgehead atoms. The van der Waals surface area contributed by atoms with E-state index in [0.29, 0.717) is 5.69 Å². The molecule has 0 radical (unpaired) electrons. The van der Waals surface area contributed by atoms with Crippen molar-refractivity contribution in [3.8, 4) is 0 Å². The van der Waals surface area contributed by atoms with Crippen LogP contribution >= 0.6 is 0 Å². The number of rotatable bonds is 1. The Morgan fingerprint density at radius 1 is 1.33 bits per heavy atom. The number of hydrogen-bond acceptors (Lipinski definition) is 4. The largest absolute Gasteiger partial charge is 0.451 e. The summed E-state index contributed by atoms with van der Waals surface area (Å²) < 4.78 is 33.8. The fourth-order valence-corrected chi connectivity index (χ4v) is 1.97. The van der Waals surface area contributed by atoms with E-state index in [1.165, 1.54) is 32.0 Å². The SMILES string of the molecule is C[C@@]1(F)CN=C(N)O[C@]1(C)c1cc(N)ccc1F. The third kappa shape index (κ3) is 1.77. The van der Waals surface area contributed by atoms with Gasteiger partial charge in [-0.15, -0.1) is 0 Å². The molecule has 1 aliphatic heterocycles. The third-order valence-corrected chi connectivity index (χ3v) is 3.34. The van der Waals surface area contributed by atoms with Crippen molar-refractivity contribution in [2.45, 2.75) is 25.1 Å². The maximum atomic E-state index is 14.6. The molecule has 98 valence electrons. The summed E-state index contributed by atoms with van der Waals surface area (Å²) in [6.45, 7) is 2.54. The van der Waals surface area contributed by atoms with Crippen molar-refractivity contribution < 1.29 is 13.5 Å². The van der Waals surface area contributed by atoms with Gasteiger partial charge in [0.1, 0.15) is 5.82 Å². The van der Waals surface area contributed by atoms with Crippen LogP contribution in [0.3, 0.4) is 0 Å². The molecule has 0 saturated heterocycles. The fourth-order valence-electron chi connectivity index (χ4n) is 1.97. The van der Waals surface area contributed by atoms with Gasteiger partial charge < -0.3 is 16.2 Å². The fraction of sp³-hybridized carbons (Fsp3) is 0.417. The van der Waals surface area contributed by atoms with E-state index in [-0.39, 0.29) is 18.1 Å². The topological polar surface area (TPSA) is 73.6 Å². The number of hydrogen-bond donors (Lipinski definition) is 2. The average Bonchev–Trinajstić information content (AvgIpc) is 2.28. The smallest absolute Gasteiger partial charge is 0.283 e. The average molecular weight is 255 g/mol. The summed E-state index contributed by atoms with van der Waals surface area (Å²) >= 11 is 0. The Hall–Kier alpha value is -1.85. The molecule has 1 aromatic carbocycles. The molecular weight excluding hydrogens is 240 g/mol. The highest BCUT2D eigenvalue weighted by atomic mass is 19.1. The van der Waals surface area contributed by atoms with Crippen LogP contribution in [-0.4, -0.2) is 18.2 Å². The van der Waals surface area contributed by atoms with Crippen LogP contribution in [0.4, 0.5) is 14.5 Å². The summed E-state index contributed by atoms with van der Waals surface area (Å²) in [6.07, 6.45) is 0. The number of benzene rings is 1. The minimum absolute atomic E-state index is 0.0327. The lowest BCUT2D eigenvalue weighted by atomic mass is 9.80. The monoisotopic (exact) mass is 255 g/mol. The standard InChI is InChI=1S/C12H15F2N3O/c1-11(14)6-17-10(16)18-12(11,2)8-5-7(15)3-4-9(8)13/h3-5H,6,15H2,1-2H3,(H2,16,17)/t11-,12-/m1/s1. The van der Waals surface area contributed by atoms with Gasteiger partial charge in [-0.2, -0.15) is 0 Å². The number of alkyl halides is 1. The van der Waals surface area contributed by atoms with Crippen molar-refractivity contribution in [3.05, 3.63) is 29.6 Å². The van der Waals surface area contributed by atoms with Crippen LogP contribution in [0.5, 0.6) is 0 Å². The Balaban J connectivity index is 2.59. The highest BCUT2D eigenvalue weighted by molar-refractivity contribution is 5.73. The van der Waals surface area contributed by atoms with Gasteiger partial charge in [-0.1, -0.05) is 0 Å². The van der Waals surface area contributed by atoms with E-state index in [4.69, 9.17) is 16.2 Å². The third-order valence-electron chi connectivity index (χ3n) is 3.34. The van der Waals surface area contributed by atoms with Gasteiger partial charge in [0.15, 0.2) is 11.3 Å². The van der Waals surface area contributed by atoms with Crippen molar-refractivity contribution >= 4 is 11.7 Å². The zero-order valence-corrected chi connectivity index (χ0v) is 10.2. The molecule has 2 rings (SSSR count). The van der Waals surface area contributed by atoms with Crippen molar-refractivity contribution in [1.29, 1.82) is 0 Å². The Kier molecular flexibility index (Phi) is 2.68. The Morgan fingerprint density at radius 2 is 2.00 bits per heavy atom. The van der Waals surface area contributed by atoms with E-state index < -0.39 is 17.1 Å². The first-order valence-electron chi connectivity index (χ1n) is 5.49. The molecule has 1 aromatic rings. The molecule has 0 amide bonds. The second kappa shape index (κ2) is 3.83. The van der Waals surface area contributed by atoms with Crippen LogP contribution in [0.15, 0.2) is 23.2 Å². The molecule has 0 fully saturated rings. The number of anilines is 1. The molecule has 0 unspecified atom stereocenters. The number of halogens is 2. The quantitative estimate of drug-likeness (QED) is 0.750. The zero-order chi connectivity index (χ0) is 13.6. The van der Waals surface area contributed by atoms with Crippen molar-refractivity contribution in [2.24, 2.45) is 10.7 Å². The van der Waals surface area contributed by atoms with Crippen LogP contribution in [0, 0.1) is 5.82 Å². The van der Waals surface area contributed by atoms with E-state index in [1.807, 2.05) is 0 Å². The maximum absolute atomic E-state index is 14.6. The summed E-state index contributed by atoms with van der Waals surface area (Å²) in [5.41, 5.74) is 7.99. The van der Waals surface area contributed by atoms with E-state index in [0.717, 1.165) is 0 Å². The van der Waals surface area contributed by atoms with Gasteiger partial charge in [0.05, 0.1) is 6.54 Å².